The van der Waals surface area contributed by atoms with Crippen LogP contribution in [0.3, 0.4) is 0 Å². The molecule has 0 N–H and O–H groups in total. The van der Waals surface area contributed by atoms with Gasteiger partial charge >= 0.3 is 0 Å². The van der Waals surface area contributed by atoms with E-state index in [1.807, 2.05) is 48.6 Å². The zero-order valence-electron chi connectivity index (χ0n) is 15.2. The molecule has 0 saturated heterocycles. The summed E-state index contributed by atoms with van der Waals surface area (Å²) in [5.74, 6) is 1.59. The third kappa shape index (κ3) is 4.71. The first-order valence-corrected chi connectivity index (χ1v) is 10.2. The highest BCUT2D eigenvalue weighted by Crippen LogP contribution is 2.33. The molecule has 0 atom stereocenters. The van der Waals surface area contributed by atoms with Crippen molar-refractivity contribution in [2.24, 2.45) is 0 Å². The molecule has 5 heteroatoms. The van der Waals surface area contributed by atoms with Crippen LogP contribution in [0, 0.1) is 0 Å². The molecule has 0 spiro atoms. The van der Waals surface area contributed by atoms with Crippen LogP contribution >= 0.6 is 31.9 Å². The normalized spacial score (nSPS) is 17.4. The monoisotopic (exact) mass is 490 g/mol. The Kier molecular flexibility index (Phi) is 6.55. The molecule has 0 radical (unpaired) electrons. The molecule has 0 aromatic heterocycles. The highest BCUT2D eigenvalue weighted by atomic mass is 79.9. The summed E-state index contributed by atoms with van der Waals surface area (Å²) in [6.07, 6.45) is 6.35. The van der Waals surface area contributed by atoms with Crippen LogP contribution in [0.2, 0.25) is 0 Å². The lowest BCUT2D eigenvalue weighted by molar-refractivity contribution is -0.112. The van der Waals surface area contributed by atoms with E-state index in [1.54, 1.807) is 14.2 Å². The second-order valence-corrected chi connectivity index (χ2v) is 8.13. The Morgan fingerprint density at radius 2 is 1.26 bits per heavy atom. The van der Waals surface area contributed by atoms with Gasteiger partial charge in [-0.25, -0.2) is 0 Å². The Morgan fingerprint density at radius 1 is 0.815 bits per heavy atom. The van der Waals surface area contributed by atoms with Crippen LogP contribution in [0.15, 0.2) is 56.5 Å². The van der Waals surface area contributed by atoms with Crippen LogP contribution < -0.4 is 9.47 Å². The summed E-state index contributed by atoms with van der Waals surface area (Å²) >= 11 is 6.97. The van der Waals surface area contributed by atoms with E-state index in [2.05, 4.69) is 31.9 Å². The second-order valence-electron chi connectivity index (χ2n) is 6.29. The van der Waals surface area contributed by atoms with E-state index in [9.17, 15) is 4.79 Å². The summed E-state index contributed by atoms with van der Waals surface area (Å²) in [5, 5.41) is 0. The van der Waals surface area contributed by atoms with Crippen LogP contribution in [0.5, 0.6) is 11.5 Å². The van der Waals surface area contributed by atoms with Crippen LogP contribution in [-0.2, 0) is 4.79 Å². The van der Waals surface area contributed by atoms with E-state index in [0.29, 0.717) is 0 Å². The number of methoxy groups -OCH3 is 2. The molecule has 0 bridgehead atoms. The van der Waals surface area contributed by atoms with E-state index in [0.717, 1.165) is 62.0 Å². The van der Waals surface area contributed by atoms with Crippen molar-refractivity contribution >= 4 is 49.8 Å². The van der Waals surface area contributed by atoms with Gasteiger partial charge in [0.2, 0.25) is 0 Å². The summed E-state index contributed by atoms with van der Waals surface area (Å²) in [6, 6.07) is 11.6. The van der Waals surface area contributed by atoms with E-state index >= 15 is 0 Å². The minimum atomic E-state index is 0.0882. The molecular weight excluding hydrogens is 472 g/mol. The molecule has 1 aliphatic rings. The number of ketones is 1. The van der Waals surface area contributed by atoms with E-state index in [-0.39, 0.29) is 5.78 Å². The third-order valence-corrected chi connectivity index (χ3v) is 5.50. The summed E-state index contributed by atoms with van der Waals surface area (Å²) in [5.41, 5.74) is 3.41. The molecule has 1 fully saturated rings. The van der Waals surface area contributed by atoms with Crippen molar-refractivity contribution in [1.29, 1.82) is 0 Å². The molecule has 3 nitrogen and oxygen atoms in total. The molecule has 3 rings (SSSR count). The Balaban J connectivity index is 1.97. The summed E-state index contributed by atoms with van der Waals surface area (Å²) < 4.78 is 12.8. The van der Waals surface area contributed by atoms with Gasteiger partial charge in [-0.15, -0.1) is 0 Å². The average molecular weight is 492 g/mol. The largest absolute Gasteiger partial charge is 0.496 e. The number of ether oxygens (including phenoxy) is 2. The fourth-order valence-electron chi connectivity index (χ4n) is 3.19. The molecular formula is C22H20Br2O3. The number of hydrogen-bond acceptors (Lipinski definition) is 3. The van der Waals surface area contributed by atoms with Crippen molar-refractivity contribution in [2.45, 2.75) is 19.3 Å². The van der Waals surface area contributed by atoms with E-state index in [1.165, 1.54) is 0 Å². The maximum atomic E-state index is 13.1. The zero-order valence-corrected chi connectivity index (χ0v) is 18.4. The van der Waals surface area contributed by atoms with Crippen molar-refractivity contribution in [3.05, 3.63) is 67.6 Å². The number of allylic oxidation sites excluding steroid dienone is 2. The van der Waals surface area contributed by atoms with Gasteiger partial charge in [0.1, 0.15) is 11.5 Å². The number of hydrogen-bond donors (Lipinski definition) is 0. The Morgan fingerprint density at radius 3 is 1.67 bits per heavy atom. The molecule has 1 saturated carbocycles. The Labute approximate surface area is 176 Å². The van der Waals surface area contributed by atoms with Crippen LogP contribution in [0.25, 0.3) is 12.2 Å². The summed E-state index contributed by atoms with van der Waals surface area (Å²) in [4.78, 5) is 13.1. The van der Waals surface area contributed by atoms with E-state index < -0.39 is 0 Å². The number of rotatable bonds is 4. The lowest BCUT2D eigenvalue weighted by atomic mass is 9.86. The number of carbonyl (C=O) groups is 1. The maximum absolute atomic E-state index is 13.1. The summed E-state index contributed by atoms with van der Waals surface area (Å²) in [6.45, 7) is 0. The molecule has 0 aliphatic heterocycles. The van der Waals surface area contributed by atoms with Gasteiger partial charge in [0.15, 0.2) is 5.78 Å². The smallest absolute Gasteiger partial charge is 0.185 e. The first-order chi connectivity index (χ1) is 13.0. The average Bonchev–Trinajstić information content (AvgIpc) is 2.65. The van der Waals surface area contributed by atoms with Gasteiger partial charge in [0, 0.05) is 31.2 Å². The van der Waals surface area contributed by atoms with Crippen molar-refractivity contribution in [3.8, 4) is 11.5 Å². The molecule has 0 unspecified atom stereocenters. The lowest BCUT2D eigenvalue weighted by Crippen LogP contribution is -2.12. The Bertz CT molecular complexity index is 856. The van der Waals surface area contributed by atoms with Crippen LogP contribution in [-0.4, -0.2) is 20.0 Å². The van der Waals surface area contributed by atoms with Crippen molar-refractivity contribution in [1.82, 2.24) is 0 Å². The quantitative estimate of drug-likeness (QED) is 0.461. The number of carbonyl (C=O) groups excluding carboxylic acids is 1. The standard InChI is InChI=1S/C22H20Br2O3/c1-26-20-8-6-18(23)12-16(20)10-14-4-3-5-15(22(14)25)11-17-13-19(24)7-9-21(17)27-2/h6-13H,3-5H2,1-2H3/b14-10-,15-11+. The van der Waals surface area contributed by atoms with Gasteiger partial charge in [0.05, 0.1) is 14.2 Å². The summed E-state index contributed by atoms with van der Waals surface area (Å²) in [7, 11) is 3.28. The first kappa shape index (κ1) is 19.9. The zero-order chi connectivity index (χ0) is 19.4. The van der Waals surface area contributed by atoms with Gasteiger partial charge in [-0.2, -0.15) is 0 Å². The van der Waals surface area contributed by atoms with Gasteiger partial charge in [0.25, 0.3) is 0 Å². The van der Waals surface area contributed by atoms with Gasteiger partial charge in [-0.1, -0.05) is 31.9 Å². The van der Waals surface area contributed by atoms with E-state index in [4.69, 9.17) is 9.47 Å². The minimum absolute atomic E-state index is 0.0882. The van der Waals surface area contributed by atoms with Gasteiger partial charge < -0.3 is 9.47 Å². The maximum Gasteiger partial charge on any atom is 0.185 e. The highest BCUT2D eigenvalue weighted by molar-refractivity contribution is 9.10. The molecule has 2 aromatic rings. The van der Waals surface area contributed by atoms with Crippen molar-refractivity contribution in [2.75, 3.05) is 14.2 Å². The fraction of sp³-hybridized carbons (Fsp3) is 0.227. The third-order valence-electron chi connectivity index (χ3n) is 4.52. The second kappa shape index (κ2) is 8.89. The van der Waals surface area contributed by atoms with Crippen molar-refractivity contribution in [3.63, 3.8) is 0 Å². The van der Waals surface area contributed by atoms with Gasteiger partial charge in [-0.3, -0.25) is 4.79 Å². The predicted octanol–water partition coefficient (Wildman–Crippen LogP) is 6.45. The van der Waals surface area contributed by atoms with Crippen molar-refractivity contribution < 1.29 is 14.3 Å². The highest BCUT2D eigenvalue weighted by Gasteiger charge is 2.21. The molecule has 2 aromatic carbocycles. The molecule has 27 heavy (non-hydrogen) atoms. The molecule has 1 aliphatic carbocycles. The van der Waals surface area contributed by atoms with Crippen LogP contribution in [0.1, 0.15) is 30.4 Å². The Hall–Kier alpha value is -1.85. The SMILES string of the molecule is COc1ccc(Br)cc1/C=C1/CCC/C(=C\c2cc(Br)ccc2OC)C1=O. The molecule has 0 heterocycles. The first-order valence-electron chi connectivity index (χ1n) is 8.64. The number of halogens is 2. The topological polar surface area (TPSA) is 35.5 Å². The minimum Gasteiger partial charge on any atom is -0.496 e. The molecule has 0 amide bonds. The lowest BCUT2D eigenvalue weighted by Gasteiger charge is -2.18. The number of Topliss-reactive ketones (excluding diaryl/α,β-unsaturated/α-hetero) is 1. The van der Waals surface area contributed by atoms with Gasteiger partial charge in [-0.05, 0) is 67.8 Å². The number of benzene rings is 2. The fourth-order valence-corrected chi connectivity index (χ4v) is 3.95. The molecule has 140 valence electrons. The predicted molar refractivity (Wildman–Crippen MR) is 116 cm³/mol. The van der Waals surface area contributed by atoms with Crippen LogP contribution in [0.4, 0.5) is 0 Å².